The fourth-order valence-electron chi connectivity index (χ4n) is 0.807. The summed E-state index contributed by atoms with van der Waals surface area (Å²) in [5, 5.41) is 4.43. The standard InChI is InChI=1S/C7H3BrNO/c8-6-3-1-2-5-4-9-10-7(5)6/h1-3H. The van der Waals surface area contributed by atoms with E-state index in [1.165, 1.54) is 0 Å². The molecule has 0 aliphatic heterocycles. The van der Waals surface area contributed by atoms with Gasteiger partial charge in [0.1, 0.15) is 6.20 Å². The van der Waals surface area contributed by atoms with Gasteiger partial charge < -0.3 is 4.52 Å². The predicted octanol–water partition coefficient (Wildman–Crippen LogP) is 2.39. The van der Waals surface area contributed by atoms with Gasteiger partial charge in [-0.3, -0.25) is 0 Å². The molecule has 0 atom stereocenters. The van der Waals surface area contributed by atoms with Crippen LogP contribution in [0, 0.1) is 6.20 Å². The molecule has 0 amide bonds. The molecule has 3 heteroatoms. The first kappa shape index (κ1) is 5.92. The minimum atomic E-state index is 0.752. The van der Waals surface area contributed by atoms with Crippen LogP contribution in [0.1, 0.15) is 0 Å². The Kier molecular flexibility index (Phi) is 1.24. The molecule has 0 aliphatic rings. The molecule has 0 spiro atoms. The van der Waals surface area contributed by atoms with Crippen LogP contribution in [0.3, 0.4) is 0 Å². The number of rotatable bonds is 0. The van der Waals surface area contributed by atoms with Crippen molar-refractivity contribution in [1.29, 1.82) is 0 Å². The summed E-state index contributed by atoms with van der Waals surface area (Å²) in [6, 6.07) is 5.72. The zero-order chi connectivity index (χ0) is 6.97. The molecule has 0 bridgehead atoms. The molecule has 0 saturated heterocycles. The van der Waals surface area contributed by atoms with E-state index in [0.29, 0.717) is 0 Å². The zero-order valence-corrected chi connectivity index (χ0v) is 6.55. The second-order valence-electron chi connectivity index (χ2n) is 1.91. The maximum Gasteiger partial charge on any atom is 0.181 e. The largest absolute Gasteiger partial charge is 0.354 e. The Balaban J connectivity index is 2.95. The molecule has 2 rings (SSSR count). The Morgan fingerprint density at radius 2 is 2.40 bits per heavy atom. The van der Waals surface area contributed by atoms with E-state index in [-0.39, 0.29) is 0 Å². The molecule has 10 heavy (non-hydrogen) atoms. The van der Waals surface area contributed by atoms with E-state index in [1.54, 1.807) is 0 Å². The summed E-state index contributed by atoms with van der Waals surface area (Å²) in [6.07, 6.45) is 2.71. The molecule has 0 saturated carbocycles. The first-order valence-corrected chi connectivity index (χ1v) is 3.59. The molecular weight excluding hydrogens is 194 g/mol. The summed E-state index contributed by atoms with van der Waals surface area (Å²) in [5.74, 6) is 0. The van der Waals surface area contributed by atoms with Gasteiger partial charge in [0.05, 0.1) is 9.86 Å². The third kappa shape index (κ3) is 0.743. The van der Waals surface area contributed by atoms with Crippen LogP contribution in [-0.2, 0) is 0 Å². The lowest BCUT2D eigenvalue weighted by molar-refractivity contribution is 0.453. The van der Waals surface area contributed by atoms with Gasteiger partial charge in [-0.25, -0.2) is 0 Å². The molecule has 49 valence electrons. The molecule has 0 fully saturated rings. The second-order valence-corrected chi connectivity index (χ2v) is 2.77. The van der Waals surface area contributed by atoms with Crippen LogP contribution in [0.4, 0.5) is 0 Å². The third-order valence-electron chi connectivity index (χ3n) is 1.27. The minimum Gasteiger partial charge on any atom is -0.354 e. The van der Waals surface area contributed by atoms with Gasteiger partial charge >= 0.3 is 0 Å². The van der Waals surface area contributed by atoms with E-state index in [4.69, 9.17) is 4.52 Å². The van der Waals surface area contributed by atoms with Crippen molar-refractivity contribution in [2.24, 2.45) is 0 Å². The van der Waals surface area contributed by atoms with Gasteiger partial charge in [0.2, 0.25) is 0 Å². The van der Waals surface area contributed by atoms with Gasteiger partial charge in [-0.2, -0.15) is 0 Å². The monoisotopic (exact) mass is 196 g/mol. The fraction of sp³-hybridized carbons (Fsp3) is 0. The summed E-state index contributed by atoms with van der Waals surface area (Å²) in [7, 11) is 0. The highest BCUT2D eigenvalue weighted by Gasteiger charge is 2.00. The Labute approximate surface area is 65.9 Å². The van der Waals surface area contributed by atoms with Gasteiger partial charge in [-0.05, 0) is 28.1 Å². The lowest BCUT2D eigenvalue weighted by Crippen LogP contribution is -1.64. The van der Waals surface area contributed by atoms with Crippen molar-refractivity contribution in [3.8, 4) is 0 Å². The van der Waals surface area contributed by atoms with E-state index in [9.17, 15) is 0 Å². The first-order chi connectivity index (χ1) is 4.88. The molecule has 1 radical (unpaired) electrons. The van der Waals surface area contributed by atoms with Crippen LogP contribution in [0.25, 0.3) is 11.0 Å². The average Bonchev–Trinajstić information content (AvgIpc) is 2.36. The van der Waals surface area contributed by atoms with Crippen molar-refractivity contribution < 1.29 is 4.52 Å². The molecular formula is C7H3BrNO. The summed E-state index contributed by atoms with van der Waals surface area (Å²) in [5.41, 5.74) is 0.752. The topological polar surface area (TPSA) is 26.0 Å². The van der Waals surface area contributed by atoms with Crippen molar-refractivity contribution in [1.82, 2.24) is 5.16 Å². The Hall–Kier alpha value is -0.830. The van der Waals surface area contributed by atoms with Crippen LogP contribution in [0.5, 0.6) is 0 Å². The number of benzene rings is 1. The number of hydrogen-bond donors (Lipinski definition) is 0. The van der Waals surface area contributed by atoms with E-state index in [0.717, 1.165) is 15.4 Å². The highest BCUT2D eigenvalue weighted by Crippen LogP contribution is 2.21. The van der Waals surface area contributed by atoms with Crippen molar-refractivity contribution in [2.75, 3.05) is 0 Å². The van der Waals surface area contributed by atoms with Crippen molar-refractivity contribution >= 4 is 26.9 Å². The number of para-hydroxylation sites is 1. The van der Waals surface area contributed by atoms with Crippen LogP contribution in [-0.4, -0.2) is 5.16 Å². The summed E-state index contributed by atoms with van der Waals surface area (Å²) < 4.78 is 5.81. The number of halogens is 1. The van der Waals surface area contributed by atoms with Crippen molar-refractivity contribution in [2.45, 2.75) is 0 Å². The van der Waals surface area contributed by atoms with Crippen molar-refractivity contribution in [3.63, 3.8) is 0 Å². The van der Waals surface area contributed by atoms with E-state index >= 15 is 0 Å². The molecule has 0 unspecified atom stereocenters. The van der Waals surface area contributed by atoms with Crippen LogP contribution >= 0.6 is 15.9 Å². The quantitative estimate of drug-likeness (QED) is 0.647. The van der Waals surface area contributed by atoms with Gasteiger partial charge in [0.15, 0.2) is 5.58 Å². The van der Waals surface area contributed by atoms with Gasteiger partial charge in [-0.1, -0.05) is 11.2 Å². The van der Waals surface area contributed by atoms with Crippen LogP contribution < -0.4 is 0 Å². The maximum atomic E-state index is 4.90. The lowest BCUT2D eigenvalue weighted by Gasteiger charge is -1.86. The maximum absolute atomic E-state index is 4.90. The predicted molar refractivity (Wildman–Crippen MR) is 40.5 cm³/mol. The molecule has 0 aliphatic carbocycles. The molecule has 2 aromatic rings. The Morgan fingerprint density at radius 1 is 1.50 bits per heavy atom. The summed E-state index contributed by atoms with van der Waals surface area (Å²) >= 11 is 3.32. The Morgan fingerprint density at radius 3 is 3.20 bits per heavy atom. The molecule has 1 aromatic heterocycles. The lowest BCUT2D eigenvalue weighted by atomic mass is 10.3. The van der Waals surface area contributed by atoms with Gasteiger partial charge in [0, 0.05) is 0 Å². The number of hydrogen-bond acceptors (Lipinski definition) is 2. The minimum absolute atomic E-state index is 0.752. The van der Waals surface area contributed by atoms with E-state index in [1.807, 2.05) is 18.2 Å². The van der Waals surface area contributed by atoms with Crippen molar-refractivity contribution in [3.05, 3.63) is 28.9 Å². The normalized spacial score (nSPS) is 10.5. The summed E-state index contributed by atoms with van der Waals surface area (Å²) in [4.78, 5) is 0. The highest BCUT2D eigenvalue weighted by atomic mass is 79.9. The number of nitrogens with zero attached hydrogens (tertiary/aromatic N) is 1. The zero-order valence-electron chi connectivity index (χ0n) is 4.97. The van der Waals surface area contributed by atoms with Gasteiger partial charge in [-0.15, -0.1) is 0 Å². The Bertz CT molecular complexity index is 355. The summed E-state index contributed by atoms with van der Waals surface area (Å²) in [6.45, 7) is 0. The van der Waals surface area contributed by atoms with Gasteiger partial charge in [0.25, 0.3) is 0 Å². The smallest absolute Gasteiger partial charge is 0.181 e. The molecule has 2 nitrogen and oxygen atoms in total. The number of fused-ring (bicyclic) bond motifs is 1. The average molecular weight is 197 g/mol. The third-order valence-corrected chi connectivity index (χ3v) is 1.89. The molecule has 0 N–H and O–H groups in total. The van der Waals surface area contributed by atoms with Crippen LogP contribution in [0.2, 0.25) is 0 Å². The molecule has 1 heterocycles. The molecule has 1 aromatic carbocycles. The van der Waals surface area contributed by atoms with Crippen LogP contribution in [0.15, 0.2) is 27.2 Å². The first-order valence-electron chi connectivity index (χ1n) is 2.79. The second kappa shape index (κ2) is 2.09. The SMILES string of the molecule is Brc1cccc2[c]noc12. The van der Waals surface area contributed by atoms with E-state index in [2.05, 4.69) is 27.3 Å². The number of aromatic nitrogens is 1. The highest BCUT2D eigenvalue weighted by molar-refractivity contribution is 9.10. The van der Waals surface area contributed by atoms with E-state index < -0.39 is 0 Å². The fourth-order valence-corrected chi connectivity index (χ4v) is 1.25.